The second-order valence-corrected chi connectivity index (χ2v) is 4.62. The van der Waals surface area contributed by atoms with E-state index in [-0.39, 0.29) is 0 Å². The predicted molar refractivity (Wildman–Crippen MR) is 68.9 cm³/mol. The Hall–Kier alpha value is -1.29. The van der Waals surface area contributed by atoms with Gasteiger partial charge in [0.1, 0.15) is 0 Å². The van der Waals surface area contributed by atoms with Crippen molar-refractivity contribution in [2.24, 2.45) is 0 Å². The Bertz CT molecular complexity index is 445. The molecule has 2 heterocycles. The lowest BCUT2D eigenvalue weighted by Gasteiger charge is -2.08. The molecule has 1 N–H and O–H groups in total. The number of anilines is 1. The third-order valence-corrected chi connectivity index (χ3v) is 3.49. The van der Waals surface area contributed by atoms with Crippen LogP contribution in [0.3, 0.4) is 0 Å². The molecule has 2 aromatic heterocycles. The first-order chi connectivity index (χ1) is 7.81. The predicted octanol–water partition coefficient (Wildman–Crippen LogP) is 3.28. The Morgan fingerprint density at radius 2 is 2.31 bits per heavy atom. The molecular weight excluding hydrogens is 218 g/mol. The molecule has 0 saturated heterocycles. The highest BCUT2D eigenvalue weighted by atomic mass is 32.1. The number of thiophene rings is 1. The summed E-state index contributed by atoms with van der Waals surface area (Å²) < 4.78 is 2.15. The molecule has 0 spiro atoms. The Labute approximate surface area is 100 Å². The van der Waals surface area contributed by atoms with Crippen molar-refractivity contribution in [1.29, 1.82) is 0 Å². The SMILES string of the molecule is CCCn1ccnc1NCc1cscc1C. The summed E-state index contributed by atoms with van der Waals surface area (Å²) in [5.41, 5.74) is 2.71. The maximum atomic E-state index is 4.32. The Morgan fingerprint density at radius 1 is 1.44 bits per heavy atom. The van der Waals surface area contributed by atoms with Crippen LogP contribution >= 0.6 is 11.3 Å². The molecule has 0 aliphatic rings. The lowest BCUT2D eigenvalue weighted by Crippen LogP contribution is -2.07. The molecule has 0 aliphatic heterocycles. The van der Waals surface area contributed by atoms with Crippen LogP contribution in [0.1, 0.15) is 24.5 Å². The largest absolute Gasteiger partial charge is 0.352 e. The van der Waals surface area contributed by atoms with Gasteiger partial charge in [-0.25, -0.2) is 4.98 Å². The summed E-state index contributed by atoms with van der Waals surface area (Å²) >= 11 is 1.75. The molecule has 16 heavy (non-hydrogen) atoms. The number of rotatable bonds is 5. The monoisotopic (exact) mass is 235 g/mol. The fourth-order valence-corrected chi connectivity index (χ4v) is 2.50. The molecule has 0 aliphatic carbocycles. The third-order valence-electron chi connectivity index (χ3n) is 2.58. The van der Waals surface area contributed by atoms with Crippen LogP contribution < -0.4 is 5.32 Å². The van der Waals surface area contributed by atoms with Crippen molar-refractivity contribution in [1.82, 2.24) is 9.55 Å². The van der Waals surface area contributed by atoms with Crippen molar-refractivity contribution < 1.29 is 0 Å². The summed E-state index contributed by atoms with van der Waals surface area (Å²) in [5, 5.41) is 7.75. The summed E-state index contributed by atoms with van der Waals surface area (Å²) in [4.78, 5) is 4.32. The minimum Gasteiger partial charge on any atom is -0.352 e. The van der Waals surface area contributed by atoms with Crippen molar-refractivity contribution in [2.45, 2.75) is 33.4 Å². The molecule has 0 atom stereocenters. The van der Waals surface area contributed by atoms with Crippen LogP contribution in [0.15, 0.2) is 23.2 Å². The molecule has 4 heteroatoms. The molecule has 0 unspecified atom stereocenters. The van der Waals surface area contributed by atoms with Crippen molar-refractivity contribution in [3.8, 4) is 0 Å². The van der Waals surface area contributed by atoms with Crippen LogP contribution in [0.4, 0.5) is 5.95 Å². The fourth-order valence-electron chi connectivity index (χ4n) is 1.64. The van der Waals surface area contributed by atoms with Crippen LogP contribution in [0, 0.1) is 6.92 Å². The highest BCUT2D eigenvalue weighted by Gasteiger charge is 2.03. The van der Waals surface area contributed by atoms with Crippen molar-refractivity contribution >= 4 is 17.3 Å². The van der Waals surface area contributed by atoms with E-state index in [0.717, 1.165) is 25.5 Å². The van der Waals surface area contributed by atoms with Gasteiger partial charge in [0.05, 0.1) is 0 Å². The Morgan fingerprint density at radius 3 is 3.00 bits per heavy atom. The topological polar surface area (TPSA) is 29.9 Å². The van der Waals surface area contributed by atoms with Gasteiger partial charge in [0.15, 0.2) is 0 Å². The molecule has 0 bridgehead atoms. The number of nitrogens with one attached hydrogen (secondary N) is 1. The number of imidazole rings is 1. The normalized spacial score (nSPS) is 10.6. The number of hydrogen-bond donors (Lipinski definition) is 1. The number of hydrogen-bond acceptors (Lipinski definition) is 3. The molecule has 86 valence electrons. The van der Waals surface area contributed by atoms with Crippen LogP contribution in [-0.2, 0) is 13.1 Å². The van der Waals surface area contributed by atoms with Gasteiger partial charge in [0.2, 0.25) is 5.95 Å². The smallest absolute Gasteiger partial charge is 0.203 e. The van der Waals surface area contributed by atoms with E-state index in [4.69, 9.17) is 0 Å². The molecule has 3 nitrogen and oxygen atoms in total. The van der Waals surface area contributed by atoms with E-state index < -0.39 is 0 Å². The molecule has 2 rings (SSSR count). The van der Waals surface area contributed by atoms with Gasteiger partial charge in [-0.2, -0.15) is 11.3 Å². The van der Waals surface area contributed by atoms with Crippen molar-refractivity contribution in [2.75, 3.05) is 5.32 Å². The summed E-state index contributed by atoms with van der Waals surface area (Å²) in [7, 11) is 0. The van der Waals surface area contributed by atoms with Gasteiger partial charge in [-0.3, -0.25) is 0 Å². The van der Waals surface area contributed by atoms with Crippen molar-refractivity contribution in [3.63, 3.8) is 0 Å². The van der Waals surface area contributed by atoms with Gasteiger partial charge < -0.3 is 9.88 Å². The molecular formula is C12H17N3S. The maximum Gasteiger partial charge on any atom is 0.203 e. The molecule has 0 fully saturated rings. The highest BCUT2D eigenvalue weighted by molar-refractivity contribution is 7.08. The zero-order valence-corrected chi connectivity index (χ0v) is 10.5. The standard InChI is InChI=1S/C12H17N3S/c1-3-5-15-6-4-13-12(15)14-7-11-9-16-8-10(11)2/h4,6,8-9H,3,5,7H2,1-2H3,(H,13,14). The molecule has 0 amide bonds. The summed E-state index contributed by atoms with van der Waals surface area (Å²) in [6, 6.07) is 0. The van der Waals surface area contributed by atoms with E-state index in [1.165, 1.54) is 11.1 Å². The second-order valence-electron chi connectivity index (χ2n) is 3.88. The van der Waals surface area contributed by atoms with Gasteiger partial charge in [-0.05, 0) is 35.2 Å². The highest BCUT2D eigenvalue weighted by Crippen LogP contribution is 2.15. The summed E-state index contributed by atoms with van der Waals surface area (Å²) in [5.74, 6) is 0.965. The summed E-state index contributed by atoms with van der Waals surface area (Å²) in [6.07, 6.45) is 4.99. The Balaban J connectivity index is 1.99. The lowest BCUT2D eigenvalue weighted by molar-refractivity contribution is 0.682. The van der Waals surface area contributed by atoms with Gasteiger partial charge in [-0.15, -0.1) is 0 Å². The zero-order chi connectivity index (χ0) is 11.4. The van der Waals surface area contributed by atoms with E-state index >= 15 is 0 Å². The third kappa shape index (κ3) is 2.44. The average molecular weight is 235 g/mol. The maximum absolute atomic E-state index is 4.32. The lowest BCUT2D eigenvalue weighted by atomic mass is 10.2. The zero-order valence-electron chi connectivity index (χ0n) is 9.73. The van der Waals surface area contributed by atoms with Crippen LogP contribution in [0.5, 0.6) is 0 Å². The second kappa shape index (κ2) is 5.16. The first-order valence-electron chi connectivity index (χ1n) is 5.58. The average Bonchev–Trinajstić information content (AvgIpc) is 2.86. The molecule has 2 aromatic rings. The number of aromatic nitrogens is 2. The molecule has 0 aromatic carbocycles. The van der Waals surface area contributed by atoms with E-state index in [1.54, 1.807) is 11.3 Å². The first kappa shape index (κ1) is 11.2. The van der Waals surface area contributed by atoms with Crippen LogP contribution in [0.2, 0.25) is 0 Å². The first-order valence-corrected chi connectivity index (χ1v) is 6.52. The minimum absolute atomic E-state index is 0.857. The van der Waals surface area contributed by atoms with Crippen molar-refractivity contribution in [3.05, 3.63) is 34.3 Å². The van der Waals surface area contributed by atoms with Crippen LogP contribution in [0.25, 0.3) is 0 Å². The minimum atomic E-state index is 0.857. The van der Waals surface area contributed by atoms with E-state index in [2.05, 4.69) is 39.5 Å². The molecule has 0 saturated carbocycles. The van der Waals surface area contributed by atoms with E-state index in [1.807, 2.05) is 12.4 Å². The van der Waals surface area contributed by atoms with Gasteiger partial charge in [0, 0.05) is 25.5 Å². The van der Waals surface area contributed by atoms with Gasteiger partial charge in [-0.1, -0.05) is 6.92 Å². The fraction of sp³-hybridized carbons (Fsp3) is 0.417. The van der Waals surface area contributed by atoms with E-state index in [9.17, 15) is 0 Å². The molecule has 0 radical (unpaired) electrons. The van der Waals surface area contributed by atoms with Gasteiger partial charge >= 0.3 is 0 Å². The van der Waals surface area contributed by atoms with E-state index in [0.29, 0.717) is 0 Å². The number of aryl methyl sites for hydroxylation is 2. The van der Waals surface area contributed by atoms with Gasteiger partial charge in [0.25, 0.3) is 0 Å². The number of nitrogens with zero attached hydrogens (tertiary/aromatic N) is 2. The van der Waals surface area contributed by atoms with Crippen LogP contribution in [-0.4, -0.2) is 9.55 Å². The summed E-state index contributed by atoms with van der Waals surface area (Å²) in [6.45, 7) is 6.19. The Kier molecular flexibility index (Phi) is 3.62. The quantitative estimate of drug-likeness (QED) is 0.862.